The van der Waals surface area contributed by atoms with Crippen LogP contribution in [0.15, 0.2) is 30.3 Å². The molecule has 2 aromatic carbocycles. The first-order valence-electron chi connectivity index (χ1n) is 8.69. The van der Waals surface area contributed by atoms with E-state index < -0.39 is 12.2 Å². The Morgan fingerprint density at radius 2 is 1.85 bits per heavy atom. The molecule has 5 heteroatoms. The molecule has 26 heavy (non-hydrogen) atoms. The highest BCUT2D eigenvalue weighted by atomic mass is 16.5. The van der Waals surface area contributed by atoms with Crippen LogP contribution >= 0.6 is 0 Å². The predicted molar refractivity (Wildman–Crippen MR) is 95.1 cm³/mol. The van der Waals surface area contributed by atoms with Crippen LogP contribution in [0.2, 0.25) is 0 Å². The number of methoxy groups -OCH3 is 1. The Bertz CT molecular complexity index is 1000. The van der Waals surface area contributed by atoms with Gasteiger partial charge in [0.1, 0.15) is 11.5 Å². The molecule has 132 valence electrons. The largest absolute Gasteiger partial charge is 0.508 e. The van der Waals surface area contributed by atoms with Gasteiger partial charge in [-0.05, 0) is 40.0 Å². The minimum atomic E-state index is -0.753. The molecule has 3 aliphatic carbocycles. The number of benzene rings is 2. The number of carbonyl (C=O) groups is 1. The van der Waals surface area contributed by atoms with E-state index in [1.54, 1.807) is 19.2 Å². The first kappa shape index (κ1) is 15.6. The van der Waals surface area contributed by atoms with Gasteiger partial charge in [0.2, 0.25) is 0 Å². The van der Waals surface area contributed by atoms with Crippen LogP contribution in [0, 0.1) is 0 Å². The normalized spacial score (nSPS) is 25.8. The molecule has 0 fully saturated rings. The SMILES string of the molecule is CO[C@@H]1C[C@@H](O)C2=C3c4cccc(O)c4C(=O)C[C@H]3c3ccc(O)c1c32. The summed E-state index contributed by atoms with van der Waals surface area (Å²) in [5.74, 6) is -0.169. The van der Waals surface area contributed by atoms with Crippen molar-refractivity contribution in [3.8, 4) is 11.5 Å². The average Bonchev–Trinajstić information content (AvgIpc) is 2.95. The summed E-state index contributed by atoms with van der Waals surface area (Å²) in [6.07, 6.45) is -0.570. The molecule has 5 rings (SSSR count). The van der Waals surface area contributed by atoms with Gasteiger partial charge in [0.25, 0.3) is 0 Å². The second kappa shape index (κ2) is 5.19. The first-order valence-corrected chi connectivity index (χ1v) is 8.69. The van der Waals surface area contributed by atoms with Crippen LogP contribution < -0.4 is 0 Å². The zero-order valence-corrected chi connectivity index (χ0v) is 14.2. The Morgan fingerprint density at radius 1 is 1.04 bits per heavy atom. The lowest BCUT2D eigenvalue weighted by Crippen LogP contribution is -2.23. The van der Waals surface area contributed by atoms with Crippen molar-refractivity contribution in [3.63, 3.8) is 0 Å². The summed E-state index contributed by atoms with van der Waals surface area (Å²) in [6, 6.07) is 8.52. The van der Waals surface area contributed by atoms with Crippen LogP contribution in [-0.2, 0) is 4.74 Å². The summed E-state index contributed by atoms with van der Waals surface area (Å²) in [4.78, 5) is 12.7. The van der Waals surface area contributed by atoms with E-state index in [0.717, 1.165) is 22.3 Å². The van der Waals surface area contributed by atoms with E-state index in [1.807, 2.05) is 12.1 Å². The maximum absolute atomic E-state index is 12.7. The first-order chi connectivity index (χ1) is 12.5. The van der Waals surface area contributed by atoms with Crippen LogP contribution in [0.25, 0.3) is 11.1 Å². The minimum absolute atomic E-state index is 0.0295. The monoisotopic (exact) mass is 350 g/mol. The Morgan fingerprint density at radius 3 is 2.62 bits per heavy atom. The summed E-state index contributed by atoms with van der Waals surface area (Å²) < 4.78 is 5.51. The van der Waals surface area contributed by atoms with Crippen LogP contribution in [0.4, 0.5) is 0 Å². The summed E-state index contributed by atoms with van der Waals surface area (Å²) >= 11 is 0. The lowest BCUT2D eigenvalue weighted by molar-refractivity contribution is 0.0555. The number of phenolic OH excluding ortho intramolecular Hbond substituents is 2. The number of hydrogen-bond donors (Lipinski definition) is 3. The van der Waals surface area contributed by atoms with Crippen LogP contribution in [-0.4, -0.2) is 34.3 Å². The second-order valence-electron chi connectivity index (χ2n) is 7.15. The lowest BCUT2D eigenvalue weighted by Gasteiger charge is -2.31. The van der Waals surface area contributed by atoms with Gasteiger partial charge in [0.15, 0.2) is 5.78 Å². The maximum atomic E-state index is 12.7. The molecule has 0 bridgehead atoms. The highest BCUT2D eigenvalue weighted by molar-refractivity contribution is 6.14. The number of aromatic hydroxyl groups is 2. The molecule has 5 nitrogen and oxygen atoms in total. The number of carbonyl (C=O) groups excluding carboxylic acids is 1. The van der Waals surface area contributed by atoms with Crippen molar-refractivity contribution in [2.45, 2.75) is 31.0 Å². The molecule has 0 aliphatic heterocycles. The molecule has 0 saturated heterocycles. The molecule has 0 spiro atoms. The summed E-state index contributed by atoms with van der Waals surface area (Å²) in [5.41, 5.74) is 5.07. The van der Waals surface area contributed by atoms with E-state index in [1.165, 1.54) is 6.07 Å². The van der Waals surface area contributed by atoms with Crippen molar-refractivity contribution in [1.29, 1.82) is 0 Å². The number of phenols is 2. The van der Waals surface area contributed by atoms with E-state index in [0.29, 0.717) is 23.1 Å². The van der Waals surface area contributed by atoms with Crippen molar-refractivity contribution in [2.75, 3.05) is 7.11 Å². The molecule has 0 heterocycles. The average molecular weight is 350 g/mol. The number of aliphatic hydroxyl groups is 1. The van der Waals surface area contributed by atoms with E-state index >= 15 is 0 Å². The Balaban J connectivity index is 1.88. The van der Waals surface area contributed by atoms with Crippen LogP contribution in [0.1, 0.15) is 57.5 Å². The molecule has 0 unspecified atom stereocenters. The van der Waals surface area contributed by atoms with Crippen molar-refractivity contribution in [1.82, 2.24) is 0 Å². The third-order valence-corrected chi connectivity index (χ3v) is 5.92. The lowest BCUT2D eigenvalue weighted by atomic mass is 9.77. The van der Waals surface area contributed by atoms with E-state index in [9.17, 15) is 20.1 Å². The zero-order valence-electron chi connectivity index (χ0n) is 14.2. The van der Waals surface area contributed by atoms with Crippen molar-refractivity contribution in [3.05, 3.63) is 58.1 Å². The van der Waals surface area contributed by atoms with Gasteiger partial charge in [0.05, 0.1) is 17.8 Å². The van der Waals surface area contributed by atoms with E-state index in [2.05, 4.69) is 0 Å². The Labute approximate surface area is 150 Å². The number of allylic oxidation sites excluding steroid dienone is 1. The molecule has 0 radical (unpaired) electrons. The van der Waals surface area contributed by atoms with Crippen molar-refractivity contribution in [2.24, 2.45) is 0 Å². The fourth-order valence-electron chi connectivity index (χ4n) is 4.91. The number of ether oxygens (including phenoxy) is 1. The number of ketones is 1. The van der Waals surface area contributed by atoms with Gasteiger partial charge in [-0.15, -0.1) is 0 Å². The quantitative estimate of drug-likeness (QED) is 0.735. The third kappa shape index (κ3) is 1.79. The summed E-state index contributed by atoms with van der Waals surface area (Å²) in [7, 11) is 1.56. The Kier molecular flexibility index (Phi) is 3.12. The maximum Gasteiger partial charge on any atom is 0.168 e. The molecule has 0 aromatic heterocycles. The zero-order chi connectivity index (χ0) is 18.2. The Hall–Kier alpha value is -2.63. The summed E-state index contributed by atoms with van der Waals surface area (Å²) in [6.45, 7) is 0. The standard InChI is InChI=1S/C21H18O5/c1-26-16-8-15(25)21-17-10-3-2-4-12(22)18(10)14(24)7-11(17)9-5-6-13(23)20(16)19(9)21/h2-6,11,15-16,22-23,25H,7-8H2,1H3/t11-,15+,16+/m0/s1. The second-order valence-corrected chi connectivity index (χ2v) is 7.15. The minimum Gasteiger partial charge on any atom is -0.508 e. The third-order valence-electron chi connectivity index (χ3n) is 5.92. The molecular weight excluding hydrogens is 332 g/mol. The number of hydrogen-bond acceptors (Lipinski definition) is 5. The van der Waals surface area contributed by atoms with Gasteiger partial charge in [0, 0.05) is 31.4 Å². The van der Waals surface area contributed by atoms with Gasteiger partial charge in [-0.3, -0.25) is 4.79 Å². The van der Waals surface area contributed by atoms with Crippen LogP contribution in [0.3, 0.4) is 0 Å². The predicted octanol–water partition coefficient (Wildman–Crippen LogP) is 3.14. The molecule has 3 atom stereocenters. The summed E-state index contributed by atoms with van der Waals surface area (Å²) in [5, 5.41) is 31.5. The number of aliphatic hydroxyl groups excluding tert-OH is 1. The van der Waals surface area contributed by atoms with Gasteiger partial charge >= 0.3 is 0 Å². The van der Waals surface area contributed by atoms with E-state index in [-0.39, 0.29) is 29.6 Å². The fourth-order valence-corrected chi connectivity index (χ4v) is 4.91. The molecular formula is C21H18O5. The van der Waals surface area contributed by atoms with Gasteiger partial charge < -0.3 is 20.1 Å². The molecule has 3 aliphatic rings. The number of fused-ring (bicyclic) bond motifs is 4. The number of Topliss-reactive ketones (excluding diaryl/α,β-unsaturated/α-hetero) is 1. The van der Waals surface area contributed by atoms with Gasteiger partial charge in [-0.2, -0.15) is 0 Å². The van der Waals surface area contributed by atoms with E-state index in [4.69, 9.17) is 4.74 Å². The van der Waals surface area contributed by atoms with Gasteiger partial charge in [-0.1, -0.05) is 18.2 Å². The molecule has 2 aromatic rings. The molecule has 0 saturated carbocycles. The molecule has 3 N–H and O–H groups in total. The highest BCUT2D eigenvalue weighted by Gasteiger charge is 2.46. The van der Waals surface area contributed by atoms with Gasteiger partial charge in [-0.25, -0.2) is 0 Å². The highest BCUT2D eigenvalue weighted by Crippen LogP contribution is 2.59. The number of rotatable bonds is 1. The van der Waals surface area contributed by atoms with Crippen molar-refractivity contribution < 1.29 is 24.9 Å². The van der Waals surface area contributed by atoms with Crippen LogP contribution in [0.5, 0.6) is 11.5 Å². The molecule has 0 amide bonds. The fraction of sp³-hybridized carbons (Fsp3) is 0.286. The topological polar surface area (TPSA) is 87.0 Å². The van der Waals surface area contributed by atoms with Crippen molar-refractivity contribution >= 4 is 16.9 Å². The smallest absolute Gasteiger partial charge is 0.168 e.